The molecule has 0 amide bonds. The second-order valence-corrected chi connectivity index (χ2v) is 4.93. The Hall–Kier alpha value is -1.61. The van der Waals surface area contributed by atoms with E-state index in [1.807, 2.05) is 12.3 Å². The van der Waals surface area contributed by atoms with Crippen LogP contribution in [0.25, 0.3) is 10.9 Å². The van der Waals surface area contributed by atoms with Crippen molar-refractivity contribution >= 4 is 16.6 Å². The Morgan fingerprint density at radius 3 is 3.17 bits per heavy atom. The van der Waals surface area contributed by atoms with Gasteiger partial charge in [0.1, 0.15) is 0 Å². The van der Waals surface area contributed by atoms with Crippen LogP contribution in [-0.2, 0) is 0 Å². The highest BCUT2D eigenvalue weighted by Gasteiger charge is 2.11. The van der Waals surface area contributed by atoms with Crippen molar-refractivity contribution in [3.63, 3.8) is 0 Å². The summed E-state index contributed by atoms with van der Waals surface area (Å²) in [5.41, 5.74) is 2.27. The highest BCUT2D eigenvalue weighted by molar-refractivity contribution is 5.82. The number of aromatic nitrogens is 1. The molecule has 0 aliphatic carbocycles. The van der Waals surface area contributed by atoms with Gasteiger partial charge in [-0.05, 0) is 56.6 Å². The average Bonchev–Trinajstić information content (AvgIpc) is 2.67. The van der Waals surface area contributed by atoms with E-state index in [1.165, 1.54) is 30.3 Å². The molecule has 1 saturated heterocycles. The summed E-state index contributed by atoms with van der Waals surface area (Å²) in [6.45, 7) is 2.27. The van der Waals surface area contributed by atoms with Crippen LogP contribution in [0.1, 0.15) is 19.3 Å². The van der Waals surface area contributed by atoms with Crippen LogP contribution in [0.5, 0.6) is 0 Å². The number of nitrogens with one attached hydrogen (secondary N) is 2. The van der Waals surface area contributed by atoms with Crippen LogP contribution in [0.2, 0.25) is 0 Å². The highest BCUT2D eigenvalue weighted by Crippen LogP contribution is 2.19. The standard InChI is InChI=1S/C15H19N3/c1-3-12-11-14(5-6-15(12)17-9-1)18-13-4-2-8-16-10-7-13/h1,3,5-6,9,11,13,16,18H,2,4,7-8,10H2. The molecule has 0 saturated carbocycles. The van der Waals surface area contributed by atoms with Gasteiger partial charge < -0.3 is 10.6 Å². The molecular formula is C15H19N3. The summed E-state index contributed by atoms with van der Waals surface area (Å²) in [6, 6.07) is 11.1. The maximum Gasteiger partial charge on any atom is 0.0703 e. The van der Waals surface area contributed by atoms with Crippen molar-refractivity contribution in [3.05, 3.63) is 36.5 Å². The lowest BCUT2D eigenvalue weighted by atomic mass is 10.1. The van der Waals surface area contributed by atoms with Crippen molar-refractivity contribution in [1.82, 2.24) is 10.3 Å². The van der Waals surface area contributed by atoms with Gasteiger partial charge in [0.25, 0.3) is 0 Å². The van der Waals surface area contributed by atoms with Crippen molar-refractivity contribution in [2.45, 2.75) is 25.3 Å². The van der Waals surface area contributed by atoms with Gasteiger partial charge in [-0.3, -0.25) is 4.98 Å². The van der Waals surface area contributed by atoms with Gasteiger partial charge in [0, 0.05) is 23.3 Å². The molecule has 0 spiro atoms. The molecule has 1 atom stereocenters. The fraction of sp³-hybridized carbons (Fsp3) is 0.400. The van der Waals surface area contributed by atoms with Gasteiger partial charge in [-0.25, -0.2) is 0 Å². The maximum absolute atomic E-state index is 4.35. The van der Waals surface area contributed by atoms with Crippen LogP contribution in [0.3, 0.4) is 0 Å². The number of hydrogen-bond donors (Lipinski definition) is 2. The van der Waals surface area contributed by atoms with Crippen LogP contribution < -0.4 is 10.6 Å². The fourth-order valence-electron chi connectivity index (χ4n) is 2.56. The van der Waals surface area contributed by atoms with Crippen LogP contribution in [0, 0.1) is 0 Å². The molecule has 2 heterocycles. The monoisotopic (exact) mass is 241 g/mol. The number of pyridine rings is 1. The Balaban J connectivity index is 1.77. The van der Waals surface area contributed by atoms with E-state index in [0.29, 0.717) is 6.04 Å². The predicted octanol–water partition coefficient (Wildman–Crippen LogP) is 2.79. The van der Waals surface area contributed by atoms with Gasteiger partial charge >= 0.3 is 0 Å². The number of hydrogen-bond acceptors (Lipinski definition) is 3. The summed E-state index contributed by atoms with van der Waals surface area (Å²) in [7, 11) is 0. The first kappa shape index (κ1) is 11.5. The molecule has 1 unspecified atom stereocenters. The van der Waals surface area contributed by atoms with E-state index in [9.17, 15) is 0 Å². The third-order valence-corrected chi connectivity index (χ3v) is 3.55. The summed E-state index contributed by atoms with van der Waals surface area (Å²) in [5, 5.41) is 8.29. The van der Waals surface area contributed by atoms with Crippen LogP contribution in [0.4, 0.5) is 5.69 Å². The molecule has 0 radical (unpaired) electrons. The molecule has 94 valence electrons. The van der Waals surface area contributed by atoms with Gasteiger partial charge in [-0.2, -0.15) is 0 Å². The first-order valence-electron chi connectivity index (χ1n) is 6.74. The molecule has 3 nitrogen and oxygen atoms in total. The minimum atomic E-state index is 0.592. The molecule has 2 N–H and O–H groups in total. The number of benzene rings is 1. The molecule has 0 bridgehead atoms. The third kappa shape index (κ3) is 2.62. The number of rotatable bonds is 2. The summed E-state index contributed by atoms with van der Waals surface area (Å²) >= 11 is 0. The first-order valence-corrected chi connectivity index (χ1v) is 6.74. The molecule has 1 aliphatic rings. The largest absolute Gasteiger partial charge is 0.382 e. The van der Waals surface area contributed by atoms with Crippen molar-refractivity contribution < 1.29 is 0 Å². The predicted molar refractivity (Wildman–Crippen MR) is 75.9 cm³/mol. The van der Waals surface area contributed by atoms with E-state index in [0.717, 1.165) is 18.6 Å². The summed E-state index contributed by atoms with van der Waals surface area (Å²) in [4.78, 5) is 4.35. The van der Waals surface area contributed by atoms with Gasteiger partial charge in [0.05, 0.1) is 5.52 Å². The Morgan fingerprint density at radius 1 is 1.17 bits per heavy atom. The molecular weight excluding hydrogens is 222 g/mol. The quantitative estimate of drug-likeness (QED) is 0.849. The Morgan fingerprint density at radius 2 is 2.17 bits per heavy atom. The summed E-state index contributed by atoms with van der Waals surface area (Å²) in [6.07, 6.45) is 5.54. The highest BCUT2D eigenvalue weighted by atomic mass is 14.9. The smallest absolute Gasteiger partial charge is 0.0703 e. The van der Waals surface area contributed by atoms with E-state index < -0.39 is 0 Å². The zero-order chi connectivity index (χ0) is 12.2. The molecule has 1 aliphatic heterocycles. The number of nitrogens with zero attached hydrogens (tertiary/aromatic N) is 1. The Kier molecular flexibility index (Phi) is 3.42. The zero-order valence-electron chi connectivity index (χ0n) is 10.5. The molecule has 3 rings (SSSR count). The molecule has 3 heteroatoms. The molecule has 2 aromatic rings. The maximum atomic E-state index is 4.35. The van der Waals surface area contributed by atoms with Crippen LogP contribution in [0.15, 0.2) is 36.5 Å². The van der Waals surface area contributed by atoms with Gasteiger partial charge in [-0.1, -0.05) is 6.07 Å². The molecule has 1 aromatic carbocycles. The number of fused-ring (bicyclic) bond motifs is 1. The number of anilines is 1. The Bertz CT molecular complexity index is 516. The topological polar surface area (TPSA) is 37.0 Å². The van der Waals surface area contributed by atoms with Crippen molar-refractivity contribution in [2.24, 2.45) is 0 Å². The summed E-state index contributed by atoms with van der Waals surface area (Å²) in [5.74, 6) is 0. The SMILES string of the molecule is c1cnc2ccc(NC3CCCNCC3)cc2c1. The molecule has 1 aromatic heterocycles. The average molecular weight is 241 g/mol. The third-order valence-electron chi connectivity index (χ3n) is 3.55. The lowest BCUT2D eigenvalue weighted by Crippen LogP contribution is -2.21. The van der Waals surface area contributed by atoms with Crippen LogP contribution in [-0.4, -0.2) is 24.1 Å². The normalized spacial score (nSPS) is 20.6. The molecule has 18 heavy (non-hydrogen) atoms. The van der Waals surface area contributed by atoms with E-state index in [-0.39, 0.29) is 0 Å². The van der Waals surface area contributed by atoms with Crippen molar-refractivity contribution in [2.75, 3.05) is 18.4 Å². The first-order chi connectivity index (χ1) is 8.92. The van der Waals surface area contributed by atoms with Crippen molar-refractivity contribution in [1.29, 1.82) is 0 Å². The van der Waals surface area contributed by atoms with Gasteiger partial charge in [-0.15, -0.1) is 0 Å². The fourth-order valence-corrected chi connectivity index (χ4v) is 2.56. The van der Waals surface area contributed by atoms with Gasteiger partial charge in [0.2, 0.25) is 0 Å². The van der Waals surface area contributed by atoms with E-state index in [1.54, 1.807) is 0 Å². The van der Waals surface area contributed by atoms with Crippen LogP contribution >= 0.6 is 0 Å². The second kappa shape index (κ2) is 5.36. The van der Waals surface area contributed by atoms with E-state index >= 15 is 0 Å². The lowest BCUT2D eigenvalue weighted by molar-refractivity contribution is 0.638. The van der Waals surface area contributed by atoms with Crippen molar-refractivity contribution in [3.8, 4) is 0 Å². The van der Waals surface area contributed by atoms with Gasteiger partial charge in [0.15, 0.2) is 0 Å². The second-order valence-electron chi connectivity index (χ2n) is 4.93. The minimum Gasteiger partial charge on any atom is -0.382 e. The van der Waals surface area contributed by atoms with E-state index in [4.69, 9.17) is 0 Å². The zero-order valence-corrected chi connectivity index (χ0v) is 10.5. The Labute approximate surface area is 108 Å². The minimum absolute atomic E-state index is 0.592. The summed E-state index contributed by atoms with van der Waals surface area (Å²) < 4.78 is 0. The van der Waals surface area contributed by atoms with E-state index in [2.05, 4.69) is 39.9 Å². The molecule has 1 fully saturated rings. The lowest BCUT2D eigenvalue weighted by Gasteiger charge is -2.17.